The van der Waals surface area contributed by atoms with Crippen LogP contribution in [0.5, 0.6) is 5.75 Å². The summed E-state index contributed by atoms with van der Waals surface area (Å²) < 4.78 is 5.58. The van der Waals surface area contributed by atoms with E-state index in [0.717, 1.165) is 17.9 Å². The van der Waals surface area contributed by atoms with Gasteiger partial charge in [-0.3, -0.25) is 0 Å². The first kappa shape index (κ1) is 14.9. The number of nitrogens with two attached hydrogens (primary N) is 2. The molecule has 1 aromatic heterocycles. The Balaban J connectivity index is 1.71. The lowest BCUT2D eigenvalue weighted by Gasteiger charge is -2.06. The molecule has 0 aliphatic rings. The normalized spacial score (nSPS) is 10.0. The second-order valence-electron chi connectivity index (χ2n) is 4.19. The van der Waals surface area contributed by atoms with Gasteiger partial charge in [0, 0.05) is 11.8 Å². The quantitative estimate of drug-likeness (QED) is 0.477. The lowest BCUT2D eigenvalue weighted by atomic mass is 10.2. The summed E-state index contributed by atoms with van der Waals surface area (Å²) in [6, 6.07) is 10.6. The third-order valence-electron chi connectivity index (χ3n) is 2.52. The smallest absolute Gasteiger partial charge is 0.191 e. The standard InChI is InChI=1S/C14H15N5OS/c15-9-10-2-4-11(5-3-10)20-6-1-7-21-14-18-12(16)8-13(17)19-14/h2-5,8H,1,6-7H2,(H4,16,17,18,19). The first-order chi connectivity index (χ1) is 10.2. The Morgan fingerprint density at radius 1 is 1.14 bits per heavy atom. The van der Waals surface area contributed by atoms with Crippen LogP contribution in [0.1, 0.15) is 12.0 Å². The fourth-order valence-electron chi connectivity index (χ4n) is 1.56. The first-order valence-electron chi connectivity index (χ1n) is 6.33. The molecule has 0 radical (unpaired) electrons. The highest BCUT2D eigenvalue weighted by Crippen LogP contribution is 2.17. The largest absolute Gasteiger partial charge is 0.494 e. The SMILES string of the molecule is N#Cc1ccc(OCCCSc2nc(N)cc(N)n2)cc1. The maximum Gasteiger partial charge on any atom is 0.191 e. The van der Waals surface area contributed by atoms with Gasteiger partial charge in [0.15, 0.2) is 5.16 Å². The van der Waals surface area contributed by atoms with Gasteiger partial charge in [-0.15, -0.1) is 0 Å². The summed E-state index contributed by atoms with van der Waals surface area (Å²) in [6.45, 7) is 0.580. The van der Waals surface area contributed by atoms with Crippen LogP contribution in [0.2, 0.25) is 0 Å². The van der Waals surface area contributed by atoms with Gasteiger partial charge >= 0.3 is 0 Å². The average molecular weight is 301 g/mol. The van der Waals surface area contributed by atoms with Crippen LogP contribution < -0.4 is 16.2 Å². The number of benzene rings is 1. The summed E-state index contributed by atoms with van der Waals surface area (Å²) in [6.07, 6.45) is 0.836. The molecule has 0 bridgehead atoms. The van der Waals surface area contributed by atoms with Crippen LogP contribution in [-0.4, -0.2) is 22.3 Å². The molecule has 0 saturated carbocycles. The van der Waals surface area contributed by atoms with E-state index >= 15 is 0 Å². The number of ether oxygens (including phenoxy) is 1. The molecule has 21 heavy (non-hydrogen) atoms. The highest BCUT2D eigenvalue weighted by Gasteiger charge is 2.01. The second-order valence-corrected chi connectivity index (χ2v) is 5.25. The summed E-state index contributed by atoms with van der Waals surface area (Å²) in [5.74, 6) is 2.31. The molecule has 0 spiro atoms. The zero-order chi connectivity index (χ0) is 15.1. The minimum Gasteiger partial charge on any atom is -0.494 e. The predicted octanol–water partition coefficient (Wildman–Crippen LogP) is 2.07. The van der Waals surface area contributed by atoms with Gasteiger partial charge < -0.3 is 16.2 Å². The molecular weight excluding hydrogens is 286 g/mol. The number of nitrogens with zero attached hydrogens (tertiary/aromatic N) is 3. The molecule has 1 heterocycles. The van der Waals surface area contributed by atoms with Gasteiger partial charge in [-0.05, 0) is 30.7 Å². The lowest BCUT2D eigenvalue weighted by Crippen LogP contribution is -2.01. The molecule has 0 aliphatic heterocycles. The van der Waals surface area contributed by atoms with Crippen LogP contribution in [-0.2, 0) is 0 Å². The molecule has 2 aromatic rings. The van der Waals surface area contributed by atoms with Crippen LogP contribution in [0.3, 0.4) is 0 Å². The lowest BCUT2D eigenvalue weighted by molar-refractivity contribution is 0.318. The summed E-state index contributed by atoms with van der Waals surface area (Å²) >= 11 is 1.48. The van der Waals surface area contributed by atoms with Gasteiger partial charge in [0.25, 0.3) is 0 Å². The zero-order valence-corrected chi connectivity index (χ0v) is 12.1. The highest BCUT2D eigenvalue weighted by molar-refractivity contribution is 7.99. The molecule has 0 saturated heterocycles. The van der Waals surface area contributed by atoms with E-state index in [0.29, 0.717) is 29.0 Å². The van der Waals surface area contributed by atoms with Gasteiger partial charge in [-0.25, -0.2) is 9.97 Å². The van der Waals surface area contributed by atoms with Crippen molar-refractivity contribution in [3.63, 3.8) is 0 Å². The fraction of sp³-hybridized carbons (Fsp3) is 0.214. The monoisotopic (exact) mass is 301 g/mol. The van der Waals surface area contributed by atoms with E-state index in [-0.39, 0.29) is 0 Å². The summed E-state index contributed by atoms with van der Waals surface area (Å²) in [4.78, 5) is 8.17. The van der Waals surface area contributed by atoms with Crippen molar-refractivity contribution < 1.29 is 4.74 Å². The highest BCUT2D eigenvalue weighted by atomic mass is 32.2. The Kier molecular flexibility index (Phi) is 5.23. The number of nitrogen functional groups attached to an aromatic ring is 2. The molecule has 4 N–H and O–H groups in total. The number of thioether (sulfide) groups is 1. The van der Waals surface area contributed by atoms with Gasteiger partial charge in [0.05, 0.1) is 18.2 Å². The molecular formula is C14H15N5OS. The number of nitriles is 1. The number of hydrogen-bond donors (Lipinski definition) is 2. The van der Waals surface area contributed by atoms with Crippen molar-refractivity contribution in [1.82, 2.24) is 9.97 Å². The molecule has 0 atom stereocenters. The van der Waals surface area contributed by atoms with E-state index in [1.165, 1.54) is 17.8 Å². The number of hydrogen-bond acceptors (Lipinski definition) is 7. The van der Waals surface area contributed by atoms with E-state index < -0.39 is 0 Å². The number of anilines is 2. The molecule has 0 fully saturated rings. The zero-order valence-electron chi connectivity index (χ0n) is 11.3. The summed E-state index contributed by atoms with van der Waals surface area (Å²) in [7, 11) is 0. The third-order valence-corrected chi connectivity index (χ3v) is 3.45. The molecule has 6 nitrogen and oxygen atoms in total. The van der Waals surface area contributed by atoms with Crippen molar-refractivity contribution in [2.24, 2.45) is 0 Å². The summed E-state index contributed by atoms with van der Waals surface area (Å²) in [5.41, 5.74) is 11.8. The van der Waals surface area contributed by atoms with E-state index in [1.54, 1.807) is 24.3 Å². The maximum absolute atomic E-state index is 8.70. The molecule has 0 aliphatic carbocycles. The van der Waals surface area contributed by atoms with Crippen molar-refractivity contribution in [2.75, 3.05) is 23.8 Å². The molecule has 2 rings (SSSR count). The predicted molar refractivity (Wildman–Crippen MR) is 82.8 cm³/mol. The molecule has 1 aromatic carbocycles. The van der Waals surface area contributed by atoms with Crippen molar-refractivity contribution in [3.05, 3.63) is 35.9 Å². The number of aromatic nitrogens is 2. The Hall–Kier alpha value is -2.46. The van der Waals surface area contributed by atoms with Crippen molar-refractivity contribution in [2.45, 2.75) is 11.6 Å². The van der Waals surface area contributed by atoms with Crippen LogP contribution in [0, 0.1) is 11.3 Å². The topological polar surface area (TPSA) is 111 Å². The van der Waals surface area contributed by atoms with Gasteiger partial charge in [-0.2, -0.15) is 5.26 Å². The molecule has 0 amide bonds. The van der Waals surface area contributed by atoms with Crippen molar-refractivity contribution in [1.29, 1.82) is 5.26 Å². The Bertz CT molecular complexity index is 619. The minimum absolute atomic E-state index is 0.374. The second kappa shape index (κ2) is 7.36. The van der Waals surface area contributed by atoms with Gasteiger partial charge in [0.1, 0.15) is 17.4 Å². The van der Waals surface area contributed by atoms with Crippen LogP contribution >= 0.6 is 11.8 Å². The van der Waals surface area contributed by atoms with Gasteiger partial charge in [-0.1, -0.05) is 11.8 Å². The maximum atomic E-state index is 8.70. The third kappa shape index (κ3) is 4.85. The molecule has 0 unspecified atom stereocenters. The molecule has 7 heteroatoms. The summed E-state index contributed by atoms with van der Waals surface area (Å²) in [5, 5.41) is 9.27. The van der Waals surface area contributed by atoms with E-state index in [9.17, 15) is 0 Å². The number of rotatable bonds is 6. The van der Waals surface area contributed by atoms with Crippen LogP contribution in [0.15, 0.2) is 35.5 Å². The molecule has 108 valence electrons. The first-order valence-corrected chi connectivity index (χ1v) is 7.32. The fourth-order valence-corrected chi connectivity index (χ4v) is 2.35. The van der Waals surface area contributed by atoms with E-state index in [1.807, 2.05) is 0 Å². The minimum atomic E-state index is 0.374. The van der Waals surface area contributed by atoms with E-state index in [2.05, 4.69) is 16.0 Å². The van der Waals surface area contributed by atoms with Crippen LogP contribution in [0.4, 0.5) is 11.6 Å². The van der Waals surface area contributed by atoms with Crippen molar-refractivity contribution in [3.8, 4) is 11.8 Å². The Morgan fingerprint density at radius 3 is 2.43 bits per heavy atom. The van der Waals surface area contributed by atoms with Crippen LogP contribution in [0.25, 0.3) is 0 Å². The average Bonchev–Trinajstić information content (AvgIpc) is 2.46. The van der Waals surface area contributed by atoms with Crippen molar-refractivity contribution >= 4 is 23.4 Å². The van der Waals surface area contributed by atoms with Gasteiger partial charge in [0.2, 0.25) is 0 Å². The Labute approximate surface area is 127 Å². The Morgan fingerprint density at radius 2 is 1.81 bits per heavy atom. The van der Waals surface area contributed by atoms with E-state index in [4.69, 9.17) is 21.5 Å².